The van der Waals surface area contributed by atoms with Crippen LogP contribution in [0.2, 0.25) is 0 Å². The van der Waals surface area contributed by atoms with Crippen LogP contribution in [0, 0.1) is 0 Å². The molecule has 1 heterocycles. The van der Waals surface area contributed by atoms with Crippen molar-refractivity contribution in [2.24, 2.45) is 0 Å². The molecule has 86 valence electrons. The number of amides is 1. The largest absolute Gasteiger partial charge is 0.489 e. The summed E-state index contributed by atoms with van der Waals surface area (Å²) in [4.78, 5) is 13.7. The van der Waals surface area contributed by atoms with Gasteiger partial charge in [0.2, 0.25) is 5.91 Å². The van der Waals surface area contributed by atoms with Crippen LogP contribution in [0.5, 0.6) is 5.75 Å². The SMILES string of the molecule is CCCC(=O)N1CCOc2cc(N)ccc21. The van der Waals surface area contributed by atoms with Gasteiger partial charge in [0.25, 0.3) is 0 Å². The minimum Gasteiger partial charge on any atom is -0.489 e. The quantitative estimate of drug-likeness (QED) is 0.773. The zero-order chi connectivity index (χ0) is 11.5. The fourth-order valence-corrected chi connectivity index (χ4v) is 1.84. The summed E-state index contributed by atoms with van der Waals surface area (Å²) < 4.78 is 5.49. The molecule has 0 atom stereocenters. The molecular weight excluding hydrogens is 204 g/mol. The molecule has 2 rings (SSSR count). The Kier molecular flexibility index (Phi) is 2.99. The van der Waals surface area contributed by atoms with Gasteiger partial charge >= 0.3 is 0 Å². The van der Waals surface area contributed by atoms with Crippen LogP contribution in [0.3, 0.4) is 0 Å². The minimum atomic E-state index is 0.150. The molecule has 1 aromatic carbocycles. The molecule has 1 aliphatic rings. The molecule has 0 saturated heterocycles. The van der Waals surface area contributed by atoms with Gasteiger partial charge < -0.3 is 15.4 Å². The Balaban J connectivity index is 2.29. The van der Waals surface area contributed by atoms with E-state index in [1.807, 2.05) is 13.0 Å². The summed E-state index contributed by atoms with van der Waals surface area (Å²) in [7, 11) is 0. The third kappa shape index (κ3) is 1.96. The van der Waals surface area contributed by atoms with Crippen molar-refractivity contribution in [1.29, 1.82) is 0 Å². The molecule has 1 aromatic rings. The third-order valence-corrected chi connectivity index (χ3v) is 2.61. The highest BCUT2D eigenvalue weighted by Crippen LogP contribution is 2.33. The number of nitrogens with zero attached hydrogens (tertiary/aromatic N) is 1. The van der Waals surface area contributed by atoms with Crippen molar-refractivity contribution in [3.63, 3.8) is 0 Å². The van der Waals surface area contributed by atoms with Gasteiger partial charge in [-0.15, -0.1) is 0 Å². The smallest absolute Gasteiger partial charge is 0.227 e. The van der Waals surface area contributed by atoms with E-state index in [2.05, 4.69) is 0 Å². The van der Waals surface area contributed by atoms with Crippen LogP contribution in [0.25, 0.3) is 0 Å². The van der Waals surface area contributed by atoms with Gasteiger partial charge in [-0.05, 0) is 18.6 Å². The number of benzene rings is 1. The minimum absolute atomic E-state index is 0.150. The zero-order valence-corrected chi connectivity index (χ0v) is 9.40. The Bertz CT molecular complexity index is 404. The molecule has 0 bridgehead atoms. The molecule has 0 fully saturated rings. The first-order valence-electron chi connectivity index (χ1n) is 5.55. The van der Waals surface area contributed by atoms with E-state index < -0.39 is 0 Å². The first-order chi connectivity index (χ1) is 7.72. The number of nitrogens with two attached hydrogens (primary N) is 1. The number of anilines is 2. The van der Waals surface area contributed by atoms with Crippen molar-refractivity contribution in [2.45, 2.75) is 19.8 Å². The van der Waals surface area contributed by atoms with Crippen molar-refractivity contribution in [1.82, 2.24) is 0 Å². The lowest BCUT2D eigenvalue weighted by Crippen LogP contribution is -2.37. The van der Waals surface area contributed by atoms with E-state index in [9.17, 15) is 4.79 Å². The predicted octanol–water partition coefficient (Wildman–Crippen LogP) is 1.79. The Morgan fingerprint density at radius 2 is 2.38 bits per heavy atom. The van der Waals surface area contributed by atoms with Gasteiger partial charge in [0.05, 0.1) is 12.2 Å². The number of hydrogen-bond donors (Lipinski definition) is 1. The molecule has 0 aromatic heterocycles. The van der Waals surface area contributed by atoms with Crippen molar-refractivity contribution >= 4 is 17.3 Å². The van der Waals surface area contributed by atoms with Crippen LogP contribution in [0.15, 0.2) is 18.2 Å². The molecule has 1 amide bonds. The Labute approximate surface area is 95.0 Å². The van der Waals surface area contributed by atoms with Crippen LogP contribution in [-0.2, 0) is 4.79 Å². The molecule has 0 spiro atoms. The topological polar surface area (TPSA) is 55.6 Å². The zero-order valence-electron chi connectivity index (χ0n) is 9.40. The van der Waals surface area contributed by atoms with Crippen LogP contribution in [-0.4, -0.2) is 19.1 Å². The summed E-state index contributed by atoms with van der Waals surface area (Å²) >= 11 is 0. The Morgan fingerprint density at radius 1 is 1.56 bits per heavy atom. The summed E-state index contributed by atoms with van der Waals surface area (Å²) in [5, 5.41) is 0. The Hall–Kier alpha value is -1.71. The second-order valence-corrected chi connectivity index (χ2v) is 3.87. The molecule has 0 saturated carbocycles. The normalized spacial score (nSPS) is 14.2. The van der Waals surface area contributed by atoms with Crippen LogP contribution in [0.4, 0.5) is 11.4 Å². The van der Waals surface area contributed by atoms with Gasteiger partial charge in [-0.25, -0.2) is 0 Å². The maximum absolute atomic E-state index is 11.9. The first kappa shape index (κ1) is 10.8. The molecule has 16 heavy (non-hydrogen) atoms. The average Bonchev–Trinajstić information content (AvgIpc) is 2.28. The molecule has 2 N–H and O–H groups in total. The standard InChI is InChI=1S/C12H16N2O2/c1-2-3-12(15)14-6-7-16-11-8-9(13)4-5-10(11)14/h4-5,8H,2-3,6-7,13H2,1H3. The average molecular weight is 220 g/mol. The fourth-order valence-electron chi connectivity index (χ4n) is 1.84. The van der Waals surface area contributed by atoms with E-state index in [1.54, 1.807) is 17.0 Å². The van der Waals surface area contributed by atoms with Gasteiger partial charge in [-0.2, -0.15) is 0 Å². The fraction of sp³-hybridized carbons (Fsp3) is 0.417. The molecule has 1 aliphatic heterocycles. The second kappa shape index (κ2) is 4.43. The number of carbonyl (C=O) groups excluding carboxylic acids is 1. The number of ether oxygens (including phenoxy) is 1. The van der Waals surface area contributed by atoms with E-state index in [1.165, 1.54) is 0 Å². The number of rotatable bonds is 2. The van der Waals surface area contributed by atoms with E-state index in [-0.39, 0.29) is 5.91 Å². The summed E-state index contributed by atoms with van der Waals surface area (Å²) in [6, 6.07) is 5.40. The van der Waals surface area contributed by atoms with Crippen molar-refractivity contribution < 1.29 is 9.53 Å². The third-order valence-electron chi connectivity index (χ3n) is 2.61. The first-order valence-corrected chi connectivity index (χ1v) is 5.55. The summed E-state index contributed by atoms with van der Waals surface area (Å²) in [5.41, 5.74) is 7.17. The van der Waals surface area contributed by atoms with Crippen molar-refractivity contribution in [3.05, 3.63) is 18.2 Å². The van der Waals surface area contributed by atoms with Crippen LogP contribution in [0.1, 0.15) is 19.8 Å². The Morgan fingerprint density at radius 3 is 3.12 bits per heavy atom. The predicted molar refractivity (Wildman–Crippen MR) is 63.6 cm³/mol. The van der Waals surface area contributed by atoms with Gasteiger partial charge in [-0.3, -0.25) is 4.79 Å². The molecule has 0 radical (unpaired) electrons. The molecule has 4 heteroatoms. The lowest BCUT2D eigenvalue weighted by molar-refractivity contribution is -0.118. The number of fused-ring (bicyclic) bond motifs is 1. The van der Waals surface area contributed by atoms with Crippen molar-refractivity contribution in [3.8, 4) is 5.75 Å². The summed E-state index contributed by atoms with van der Waals surface area (Å²) in [5.74, 6) is 0.854. The van der Waals surface area contributed by atoms with Gasteiger partial charge in [-0.1, -0.05) is 6.92 Å². The van der Waals surface area contributed by atoms with Gasteiger partial charge in [0, 0.05) is 18.2 Å². The van der Waals surface area contributed by atoms with E-state index in [4.69, 9.17) is 10.5 Å². The van der Waals surface area contributed by atoms with Gasteiger partial charge in [0.15, 0.2) is 0 Å². The lowest BCUT2D eigenvalue weighted by Gasteiger charge is -2.29. The molecule has 0 unspecified atom stereocenters. The van der Waals surface area contributed by atoms with E-state index >= 15 is 0 Å². The van der Waals surface area contributed by atoms with Gasteiger partial charge in [0.1, 0.15) is 12.4 Å². The second-order valence-electron chi connectivity index (χ2n) is 3.87. The molecular formula is C12H16N2O2. The number of carbonyl (C=O) groups is 1. The summed E-state index contributed by atoms with van der Waals surface area (Å²) in [6.07, 6.45) is 1.43. The van der Waals surface area contributed by atoms with Crippen molar-refractivity contribution in [2.75, 3.05) is 23.8 Å². The molecule has 4 nitrogen and oxygen atoms in total. The lowest BCUT2D eigenvalue weighted by atomic mass is 10.2. The highest BCUT2D eigenvalue weighted by Gasteiger charge is 2.22. The van der Waals surface area contributed by atoms with E-state index in [0.717, 1.165) is 12.1 Å². The highest BCUT2D eigenvalue weighted by atomic mass is 16.5. The maximum atomic E-state index is 11.9. The highest BCUT2D eigenvalue weighted by molar-refractivity contribution is 5.95. The van der Waals surface area contributed by atoms with Crippen LogP contribution >= 0.6 is 0 Å². The monoisotopic (exact) mass is 220 g/mol. The van der Waals surface area contributed by atoms with Crippen LogP contribution < -0.4 is 15.4 Å². The van der Waals surface area contributed by atoms with E-state index in [0.29, 0.717) is 31.0 Å². The number of hydrogen-bond acceptors (Lipinski definition) is 3. The number of nitrogen functional groups attached to an aromatic ring is 1. The molecule has 0 aliphatic carbocycles. The summed E-state index contributed by atoms with van der Waals surface area (Å²) in [6.45, 7) is 3.16. The maximum Gasteiger partial charge on any atom is 0.227 e.